The Morgan fingerprint density at radius 3 is 2.28 bits per heavy atom. The van der Waals surface area contributed by atoms with Crippen LogP contribution in [0.2, 0.25) is 0 Å². The van der Waals surface area contributed by atoms with Gasteiger partial charge in [-0.15, -0.1) is 11.3 Å². The van der Waals surface area contributed by atoms with Gasteiger partial charge in [-0.05, 0) is 42.7 Å². The summed E-state index contributed by atoms with van der Waals surface area (Å²) in [5, 5.41) is 3.07. The molecule has 0 aliphatic rings. The van der Waals surface area contributed by atoms with E-state index in [0.29, 0.717) is 5.92 Å². The molecule has 152 valence electrons. The Balaban J connectivity index is 1.52. The standard InChI is InChI=1S/C24H28N2O2S/c1-19(14-20-8-4-2-5-9-20)12-13-22(15-21-10-6-3-7-11-21)26-24(27)28-17-23-16-25-18-29-23/h2-11,16,18-19,22H,12-15,17H2,1H3,(H,26,27)/t19-,22-/m1/s1. The van der Waals surface area contributed by atoms with Crippen LogP contribution in [0.25, 0.3) is 0 Å². The molecule has 29 heavy (non-hydrogen) atoms. The summed E-state index contributed by atoms with van der Waals surface area (Å²) in [6.45, 7) is 2.54. The van der Waals surface area contributed by atoms with Crippen LogP contribution in [0, 0.1) is 5.92 Å². The van der Waals surface area contributed by atoms with Gasteiger partial charge in [0.2, 0.25) is 0 Å². The second kappa shape index (κ2) is 11.4. The van der Waals surface area contributed by atoms with E-state index in [2.05, 4.69) is 53.6 Å². The Morgan fingerprint density at radius 1 is 1.00 bits per heavy atom. The Morgan fingerprint density at radius 2 is 1.66 bits per heavy atom. The average molecular weight is 409 g/mol. The van der Waals surface area contributed by atoms with Crippen LogP contribution in [-0.2, 0) is 24.2 Å². The molecule has 0 spiro atoms. The summed E-state index contributed by atoms with van der Waals surface area (Å²) in [6, 6.07) is 20.9. The Kier molecular flexibility index (Phi) is 8.25. The third kappa shape index (κ3) is 7.70. The smallest absolute Gasteiger partial charge is 0.407 e. The highest BCUT2D eigenvalue weighted by Gasteiger charge is 2.16. The lowest BCUT2D eigenvalue weighted by Gasteiger charge is -2.21. The first-order valence-corrected chi connectivity index (χ1v) is 11.0. The minimum Gasteiger partial charge on any atom is -0.444 e. The molecule has 1 N–H and O–H groups in total. The molecule has 0 fully saturated rings. The lowest BCUT2D eigenvalue weighted by atomic mass is 9.93. The van der Waals surface area contributed by atoms with Gasteiger partial charge in [-0.25, -0.2) is 4.79 Å². The van der Waals surface area contributed by atoms with Gasteiger partial charge in [0.1, 0.15) is 6.61 Å². The monoisotopic (exact) mass is 408 g/mol. The van der Waals surface area contributed by atoms with Gasteiger partial charge in [-0.2, -0.15) is 0 Å². The molecule has 2 aromatic carbocycles. The van der Waals surface area contributed by atoms with Gasteiger partial charge in [0.15, 0.2) is 0 Å². The number of carbonyl (C=O) groups excluding carboxylic acids is 1. The molecule has 1 amide bonds. The molecule has 4 nitrogen and oxygen atoms in total. The lowest BCUT2D eigenvalue weighted by Crippen LogP contribution is -2.37. The number of aromatic nitrogens is 1. The zero-order chi connectivity index (χ0) is 20.3. The van der Waals surface area contributed by atoms with Gasteiger partial charge in [0.05, 0.1) is 10.4 Å². The predicted molar refractivity (Wildman–Crippen MR) is 118 cm³/mol. The molecule has 1 heterocycles. The number of hydrogen-bond acceptors (Lipinski definition) is 4. The lowest BCUT2D eigenvalue weighted by molar-refractivity contribution is 0.135. The number of benzene rings is 2. The van der Waals surface area contributed by atoms with Crippen LogP contribution in [0.3, 0.4) is 0 Å². The van der Waals surface area contributed by atoms with Gasteiger partial charge in [-0.3, -0.25) is 4.98 Å². The summed E-state index contributed by atoms with van der Waals surface area (Å²) in [7, 11) is 0. The fourth-order valence-electron chi connectivity index (χ4n) is 3.39. The Labute approximate surface area is 177 Å². The van der Waals surface area contributed by atoms with Crippen LogP contribution in [-0.4, -0.2) is 17.1 Å². The number of rotatable bonds is 10. The maximum Gasteiger partial charge on any atom is 0.407 e. The first-order valence-electron chi connectivity index (χ1n) is 10.1. The van der Waals surface area contributed by atoms with Gasteiger partial charge in [0, 0.05) is 12.2 Å². The maximum absolute atomic E-state index is 12.3. The first-order chi connectivity index (χ1) is 14.2. The largest absolute Gasteiger partial charge is 0.444 e. The van der Waals surface area contributed by atoms with Crippen molar-refractivity contribution in [1.29, 1.82) is 0 Å². The highest BCUT2D eigenvalue weighted by atomic mass is 32.1. The third-order valence-electron chi connectivity index (χ3n) is 4.91. The van der Waals surface area contributed by atoms with E-state index in [1.807, 2.05) is 24.3 Å². The normalized spacial score (nSPS) is 12.9. The average Bonchev–Trinajstić information content (AvgIpc) is 3.26. The number of ether oxygens (including phenoxy) is 1. The number of thiazole rings is 1. The van der Waals surface area contributed by atoms with Crippen LogP contribution in [0.15, 0.2) is 72.4 Å². The second-order valence-electron chi connectivity index (χ2n) is 7.45. The number of hydrogen-bond donors (Lipinski definition) is 1. The molecule has 2 atom stereocenters. The summed E-state index contributed by atoms with van der Waals surface area (Å²) in [5.41, 5.74) is 4.32. The van der Waals surface area contributed by atoms with Crippen LogP contribution in [0.4, 0.5) is 4.79 Å². The van der Waals surface area contributed by atoms with E-state index in [-0.39, 0.29) is 18.7 Å². The zero-order valence-corrected chi connectivity index (χ0v) is 17.6. The third-order valence-corrected chi connectivity index (χ3v) is 5.66. The molecule has 0 radical (unpaired) electrons. The molecule has 0 unspecified atom stereocenters. The van der Waals surface area contributed by atoms with Crippen molar-refractivity contribution in [2.24, 2.45) is 5.92 Å². The van der Waals surface area contributed by atoms with Crippen molar-refractivity contribution in [2.45, 2.75) is 45.3 Å². The summed E-state index contributed by atoms with van der Waals surface area (Å²) in [6.07, 6.45) is 5.17. The van der Waals surface area contributed by atoms with E-state index in [1.165, 1.54) is 22.5 Å². The molecule has 0 aliphatic carbocycles. The second-order valence-corrected chi connectivity index (χ2v) is 8.42. The molecule has 1 aromatic heterocycles. The molecule has 0 saturated carbocycles. The molecule has 3 aromatic rings. The highest BCUT2D eigenvalue weighted by Crippen LogP contribution is 2.17. The predicted octanol–water partition coefficient (Wildman–Crippen LogP) is 5.64. The fourth-order valence-corrected chi connectivity index (χ4v) is 3.89. The molecule has 0 bridgehead atoms. The van der Waals surface area contributed by atoms with E-state index in [1.54, 1.807) is 11.7 Å². The Hall–Kier alpha value is -2.66. The van der Waals surface area contributed by atoms with Crippen molar-refractivity contribution in [3.63, 3.8) is 0 Å². The first kappa shape index (κ1) is 21.1. The van der Waals surface area contributed by atoms with Crippen molar-refractivity contribution in [1.82, 2.24) is 10.3 Å². The Bertz CT molecular complexity index is 838. The van der Waals surface area contributed by atoms with Gasteiger partial charge in [0.25, 0.3) is 0 Å². The molecule has 0 saturated heterocycles. The highest BCUT2D eigenvalue weighted by molar-refractivity contribution is 7.09. The number of amides is 1. The summed E-state index contributed by atoms with van der Waals surface area (Å²) in [4.78, 5) is 17.3. The number of carbonyl (C=O) groups is 1. The summed E-state index contributed by atoms with van der Waals surface area (Å²) < 4.78 is 5.38. The minimum absolute atomic E-state index is 0.0459. The van der Waals surface area contributed by atoms with Crippen LogP contribution >= 0.6 is 11.3 Å². The van der Waals surface area contributed by atoms with Crippen molar-refractivity contribution in [3.8, 4) is 0 Å². The molecule has 3 rings (SSSR count). The van der Waals surface area contributed by atoms with E-state index in [0.717, 1.165) is 30.6 Å². The van der Waals surface area contributed by atoms with E-state index >= 15 is 0 Å². The topological polar surface area (TPSA) is 51.2 Å². The minimum atomic E-state index is -0.366. The number of nitrogens with one attached hydrogen (secondary N) is 1. The number of alkyl carbamates (subject to hydrolysis) is 1. The molecular weight excluding hydrogens is 380 g/mol. The van der Waals surface area contributed by atoms with Crippen molar-refractivity contribution in [2.75, 3.05) is 0 Å². The van der Waals surface area contributed by atoms with E-state index in [4.69, 9.17) is 4.74 Å². The van der Waals surface area contributed by atoms with Crippen LogP contribution < -0.4 is 5.32 Å². The van der Waals surface area contributed by atoms with Gasteiger partial charge >= 0.3 is 6.09 Å². The van der Waals surface area contributed by atoms with Gasteiger partial charge < -0.3 is 10.1 Å². The van der Waals surface area contributed by atoms with Crippen LogP contribution in [0.1, 0.15) is 35.8 Å². The number of nitrogens with zero attached hydrogens (tertiary/aromatic N) is 1. The summed E-state index contributed by atoms with van der Waals surface area (Å²) in [5.74, 6) is 0.547. The zero-order valence-electron chi connectivity index (χ0n) is 16.8. The van der Waals surface area contributed by atoms with Crippen molar-refractivity contribution < 1.29 is 9.53 Å². The quantitative estimate of drug-likeness (QED) is 0.472. The summed E-state index contributed by atoms with van der Waals surface area (Å²) >= 11 is 1.49. The van der Waals surface area contributed by atoms with Gasteiger partial charge in [-0.1, -0.05) is 67.6 Å². The molecular formula is C24H28N2O2S. The maximum atomic E-state index is 12.3. The van der Waals surface area contributed by atoms with Crippen molar-refractivity contribution in [3.05, 3.63) is 88.4 Å². The fraction of sp³-hybridized carbons (Fsp3) is 0.333. The van der Waals surface area contributed by atoms with Crippen LogP contribution in [0.5, 0.6) is 0 Å². The molecule has 0 aliphatic heterocycles. The SMILES string of the molecule is C[C@H](CC[C@H](Cc1ccccc1)NC(=O)OCc1cncs1)Cc1ccccc1. The van der Waals surface area contributed by atoms with E-state index < -0.39 is 0 Å². The molecule has 5 heteroatoms. The van der Waals surface area contributed by atoms with E-state index in [9.17, 15) is 4.79 Å². The van der Waals surface area contributed by atoms with Crippen molar-refractivity contribution >= 4 is 17.4 Å².